The molecule has 0 atom stereocenters. The van der Waals surface area contributed by atoms with Crippen molar-refractivity contribution in [1.82, 2.24) is 0 Å². The number of carbonyl (C=O) groups is 1. The third kappa shape index (κ3) is 4.15. The van der Waals surface area contributed by atoms with E-state index in [0.717, 1.165) is 23.6 Å². The lowest BCUT2D eigenvalue weighted by molar-refractivity contribution is -0.136. The lowest BCUT2D eigenvalue weighted by Crippen LogP contribution is -2.07. The largest absolute Gasteiger partial charge is 0.490 e. The summed E-state index contributed by atoms with van der Waals surface area (Å²) < 4.78 is 15.9. The highest BCUT2D eigenvalue weighted by molar-refractivity contribution is 5.88. The second-order valence-corrected chi connectivity index (χ2v) is 4.67. The number of fused-ring (bicyclic) bond motifs is 1. The SMILES string of the molecule is CC/C(=C/CNc1ccc2c(c1)OCCCO2)C(=O)OC. The molecule has 0 unspecified atom stereocenters. The van der Waals surface area contributed by atoms with Gasteiger partial charge < -0.3 is 19.5 Å². The molecule has 2 rings (SSSR count). The third-order valence-corrected chi connectivity index (χ3v) is 3.23. The Hall–Kier alpha value is -2.17. The molecule has 0 amide bonds. The predicted molar refractivity (Wildman–Crippen MR) is 80.9 cm³/mol. The maximum Gasteiger partial charge on any atom is 0.333 e. The first-order valence-electron chi connectivity index (χ1n) is 7.15. The number of methoxy groups -OCH3 is 1. The second-order valence-electron chi connectivity index (χ2n) is 4.67. The first kappa shape index (κ1) is 15.2. The van der Waals surface area contributed by atoms with Gasteiger partial charge in [0.2, 0.25) is 0 Å². The van der Waals surface area contributed by atoms with Crippen molar-refractivity contribution in [3.8, 4) is 11.5 Å². The fourth-order valence-corrected chi connectivity index (χ4v) is 2.07. The Bertz CT molecular complexity index is 525. The molecule has 0 aromatic heterocycles. The van der Waals surface area contributed by atoms with Gasteiger partial charge in [-0.15, -0.1) is 0 Å². The van der Waals surface area contributed by atoms with Crippen LogP contribution in [0.3, 0.4) is 0 Å². The highest BCUT2D eigenvalue weighted by atomic mass is 16.5. The topological polar surface area (TPSA) is 56.8 Å². The zero-order valence-corrected chi connectivity index (χ0v) is 12.5. The van der Waals surface area contributed by atoms with Crippen LogP contribution in [0.1, 0.15) is 19.8 Å². The quantitative estimate of drug-likeness (QED) is 0.668. The van der Waals surface area contributed by atoms with Gasteiger partial charge in [0, 0.05) is 30.3 Å². The smallest absolute Gasteiger partial charge is 0.333 e. The van der Waals surface area contributed by atoms with Gasteiger partial charge >= 0.3 is 5.97 Å². The summed E-state index contributed by atoms with van der Waals surface area (Å²) in [6.45, 7) is 3.83. The molecule has 0 spiro atoms. The molecule has 5 heteroatoms. The van der Waals surface area contributed by atoms with Crippen molar-refractivity contribution in [3.63, 3.8) is 0 Å². The van der Waals surface area contributed by atoms with E-state index in [2.05, 4.69) is 5.32 Å². The second kappa shape index (κ2) is 7.57. The average Bonchev–Trinajstić information content (AvgIpc) is 2.75. The molecule has 0 saturated carbocycles. The molecule has 1 aliphatic heterocycles. The highest BCUT2D eigenvalue weighted by Gasteiger charge is 2.10. The van der Waals surface area contributed by atoms with Crippen LogP contribution in [-0.4, -0.2) is 32.8 Å². The number of rotatable bonds is 5. The maximum atomic E-state index is 11.5. The van der Waals surface area contributed by atoms with E-state index in [9.17, 15) is 4.79 Å². The number of benzene rings is 1. The molecule has 1 N–H and O–H groups in total. The fourth-order valence-electron chi connectivity index (χ4n) is 2.07. The van der Waals surface area contributed by atoms with Gasteiger partial charge in [0.1, 0.15) is 0 Å². The van der Waals surface area contributed by atoms with Crippen molar-refractivity contribution < 1.29 is 19.0 Å². The summed E-state index contributed by atoms with van der Waals surface area (Å²) in [7, 11) is 1.39. The number of nitrogens with one attached hydrogen (secondary N) is 1. The Labute approximate surface area is 124 Å². The number of hydrogen-bond donors (Lipinski definition) is 1. The monoisotopic (exact) mass is 291 g/mol. The summed E-state index contributed by atoms with van der Waals surface area (Å²) in [5.74, 6) is 1.25. The van der Waals surface area contributed by atoms with E-state index in [1.807, 2.05) is 31.2 Å². The van der Waals surface area contributed by atoms with Crippen LogP contribution in [0.15, 0.2) is 29.8 Å². The van der Waals surface area contributed by atoms with Crippen LogP contribution in [0.4, 0.5) is 5.69 Å². The van der Waals surface area contributed by atoms with Gasteiger partial charge in [-0.3, -0.25) is 0 Å². The molecule has 0 bridgehead atoms. The van der Waals surface area contributed by atoms with E-state index in [-0.39, 0.29) is 5.97 Å². The van der Waals surface area contributed by atoms with Crippen molar-refractivity contribution in [2.75, 3.05) is 32.2 Å². The van der Waals surface area contributed by atoms with E-state index in [1.54, 1.807) is 0 Å². The van der Waals surface area contributed by atoms with Gasteiger partial charge in [0.05, 0.1) is 20.3 Å². The van der Waals surface area contributed by atoms with Crippen LogP contribution in [0.5, 0.6) is 11.5 Å². The molecular formula is C16H21NO4. The van der Waals surface area contributed by atoms with E-state index in [4.69, 9.17) is 14.2 Å². The summed E-state index contributed by atoms with van der Waals surface area (Å²) >= 11 is 0. The molecule has 1 heterocycles. The van der Waals surface area contributed by atoms with Crippen LogP contribution in [0.2, 0.25) is 0 Å². The van der Waals surface area contributed by atoms with E-state index in [0.29, 0.717) is 31.8 Å². The molecule has 114 valence electrons. The normalized spacial score (nSPS) is 14.3. The van der Waals surface area contributed by atoms with Crippen LogP contribution >= 0.6 is 0 Å². The molecule has 1 aromatic carbocycles. The van der Waals surface area contributed by atoms with Crippen molar-refractivity contribution in [2.45, 2.75) is 19.8 Å². The minimum absolute atomic E-state index is 0.280. The van der Waals surface area contributed by atoms with Crippen molar-refractivity contribution in [2.24, 2.45) is 0 Å². The van der Waals surface area contributed by atoms with Crippen molar-refractivity contribution in [1.29, 1.82) is 0 Å². The van der Waals surface area contributed by atoms with E-state index in [1.165, 1.54) is 7.11 Å². The third-order valence-electron chi connectivity index (χ3n) is 3.23. The van der Waals surface area contributed by atoms with Gasteiger partial charge in [0.25, 0.3) is 0 Å². The maximum absolute atomic E-state index is 11.5. The first-order chi connectivity index (χ1) is 10.2. The Morgan fingerprint density at radius 1 is 1.33 bits per heavy atom. The Kier molecular flexibility index (Phi) is 5.49. The standard InChI is InChI=1S/C16H21NO4/c1-3-12(16(18)19-2)7-8-17-13-5-6-14-15(11-13)21-10-4-9-20-14/h5-7,11,17H,3-4,8-10H2,1-2H3/b12-7-. The lowest BCUT2D eigenvalue weighted by Gasteiger charge is -2.10. The number of carbonyl (C=O) groups excluding carboxylic acids is 1. The first-order valence-corrected chi connectivity index (χ1v) is 7.15. The Balaban J connectivity index is 1.99. The average molecular weight is 291 g/mol. The molecule has 0 radical (unpaired) electrons. The van der Waals surface area contributed by atoms with Gasteiger partial charge in [-0.1, -0.05) is 13.0 Å². The number of ether oxygens (including phenoxy) is 3. The minimum Gasteiger partial charge on any atom is -0.490 e. The molecule has 1 aliphatic rings. The van der Waals surface area contributed by atoms with Crippen molar-refractivity contribution >= 4 is 11.7 Å². The van der Waals surface area contributed by atoms with Gasteiger partial charge in [-0.25, -0.2) is 4.79 Å². The van der Waals surface area contributed by atoms with Gasteiger partial charge in [-0.2, -0.15) is 0 Å². The minimum atomic E-state index is -0.280. The molecule has 0 aliphatic carbocycles. The molecular weight excluding hydrogens is 270 g/mol. The van der Waals surface area contributed by atoms with E-state index >= 15 is 0 Å². The number of hydrogen-bond acceptors (Lipinski definition) is 5. The van der Waals surface area contributed by atoms with Crippen LogP contribution in [-0.2, 0) is 9.53 Å². The molecule has 0 saturated heterocycles. The summed E-state index contributed by atoms with van der Waals surface area (Å²) in [5.41, 5.74) is 1.59. The van der Waals surface area contributed by atoms with Gasteiger partial charge in [0.15, 0.2) is 11.5 Å². The molecule has 21 heavy (non-hydrogen) atoms. The number of esters is 1. The summed E-state index contributed by atoms with van der Waals surface area (Å²) in [5, 5.41) is 3.24. The molecule has 1 aromatic rings. The predicted octanol–water partition coefficient (Wildman–Crippen LogP) is 2.77. The van der Waals surface area contributed by atoms with E-state index < -0.39 is 0 Å². The lowest BCUT2D eigenvalue weighted by atomic mass is 10.2. The van der Waals surface area contributed by atoms with Gasteiger partial charge in [-0.05, 0) is 18.6 Å². The summed E-state index contributed by atoms with van der Waals surface area (Å²) in [6.07, 6.45) is 3.38. The van der Waals surface area contributed by atoms with Crippen LogP contribution < -0.4 is 14.8 Å². The van der Waals surface area contributed by atoms with Crippen molar-refractivity contribution in [3.05, 3.63) is 29.8 Å². The Morgan fingerprint density at radius 3 is 2.81 bits per heavy atom. The number of anilines is 1. The fraction of sp³-hybridized carbons (Fsp3) is 0.438. The molecule has 0 fully saturated rings. The Morgan fingerprint density at radius 2 is 2.10 bits per heavy atom. The summed E-state index contributed by atoms with van der Waals surface area (Å²) in [4.78, 5) is 11.5. The van der Waals surface area contributed by atoms with Crippen LogP contribution in [0, 0.1) is 0 Å². The molecule has 5 nitrogen and oxygen atoms in total. The highest BCUT2D eigenvalue weighted by Crippen LogP contribution is 2.32. The summed E-state index contributed by atoms with van der Waals surface area (Å²) in [6, 6.07) is 5.75. The zero-order valence-electron chi connectivity index (χ0n) is 12.5. The van der Waals surface area contributed by atoms with Crippen LogP contribution in [0.25, 0.3) is 0 Å². The zero-order chi connectivity index (χ0) is 15.1.